The second kappa shape index (κ2) is 7.85. The molecule has 7 heteroatoms. The second-order valence-corrected chi connectivity index (χ2v) is 9.00. The molecule has 1 aliphatic heterocycles. The molecule has 0 aliphatic carbocycles. The minimum absolute atomic E-state index is 0.0464. The number of hydrogen-bond donors (Lipinski definition) is 2. The van der Waals surface area contributed by atoms with Gasteiger partial charge in [-0.3, -0.25) is 9.71 Å². The Morgan fingerprint density at radius 3 is 2.66 bits per heavy atom. The van der Waals surface area contributed by atoms with E-state index in [1.807, 2.05) is 42.5 Å². The number of ether oxygens (including phenoxy) is 1. The molecule has 2 atom stereocenters. The average Bonchev–Trinajstić information content (AvgIpc) is 2.70. The maximum atomic E-state index is 11.7. The lowest BCUT2D eigenvalue weighted by molar-refractivity contribution is 0.0508. The van der Waals surface area contributed by atoms with Crippen LogP contribution in [-0.2, 0) is 16.4 Å². The molecule has 2 aromatic carbocycles. The van der Waals surface area contributed by atoms with E-state index in [0.717, 1.165) is 28.5 Å². The Morgan fingerprint density at radius 1 is 1.14 bits per heavy atom. The van der Waals surface area contributed by atoms with Gasteiger partial charge in [-0.15, -0.1) is 0 Å². The van der Waals surface area contributed by atoms with Crippen LogP contribution < -0.4 is 9.46 Å². The van der Waals surface area contributed by atoms with E-state index in [9.17, 15) is 13.5 Å². The molecule has 0 fully saturated rings. The van der Waals surface area contributed by atoms with Crippen LogP contribution in [-0.4, -0.2) is 31.4 Å². The fraction of sp³-hybridized carbons (Fsp3) is 0.227. The minimum atomic E-state index is -3.40. The van der Waals surface area contributed by atoms with Crippen molar-refractivity contribution in [3.05, 3.63) is 78.1 Å². The van der Waals surface area contributed by atoms with Crippen molar-refractivity contribution in [3.63, 3.8) is 0 Å². The van der Waals surface area contributed by atoms with Crippen LogP contribution in [0.15, 0.2) is 67.0 Å². The predicted octanol–water partition coefficient (Wildman–Crippen LogP) is 3.40. The fourth-order valence-corrected chi connectivity index (χ4v) is 4.21. The number of anilines is 1. The number of aliphatic hydroxyl groups excluding tert-OH is 1. The van der Waals surface area contributed by atoms with Crippen molar-refractivity contribution >= 4 is 15.7 Å². The Hall–Kier alpha value is -2.90. The van der Waals surface area contributed by atoms with Gasteiger partial charge in [0, 0.05) is 29.4 Å². The number of rotatable bonds is 5. The van der Waals surface area contributed by atoms with Crippen molar-refractivity contribution in [1.82, 2.24) is 4.98 Å². The van der Waals surface area contributed by atoms with Gasteiger partial charge in [0.25, 0.3) is 0 Å². The van der Waals surface area contributed by atoms with Gasteiger partial charge in [0.1, 0.15) is 5.75 Å². The third-order valence-corrected chi connectivity index (χ3v) is 5.60. The van der Waals surface area contributed by atoms with Crippen LogP contribution in [0.3, 0.4) is 0 Å². The van der Waals surface area contributed by atoms with Crippen molar-refractivity contribution in [1.29, 1.82) is 0 Å². The molecule has 1 aliphatic rings. The topological polar surface area (TPSA) is 88.5 Å². The molecule has 29 heavy (non-hydrogen) atoms. The van der Waals surface area contributed by atoms with E-state index in [0.29, 0.717) is 24.5 Å². The van der Waals surface area contributed by atoms with E-state index in [1.54, 1.807) is 24.5 Å². The van der Waals surface area contributed by atoms with Crippen LogP contribution >= 0.6 is 0 Å². The van der Waals surface area contributed by atoms with Crippen molar-refractivity contribution in [2.75, 3.05) is 17.6 Å². The highest BCUT2D eigenvalue weighted by molar-refractivity contribution is 7.92. The van der Waals surface area contributed by atoms with Crippen molar-refractivity contribution in [2.24, 2.45) is 5.92 Å². The highest BCUT2D eigenvalue weighted by atomic mass is 32.2. The molecular weight excluding hydrogens is 388 g/mol. The molecule has 6 nitrogen and oxygen atoms in total. The maximum Gasteiger partial charge on any atom is 0.229 e. The Morgan fingerprint density at radius 2 is 1.90 bits per heavy atom. The Balaban J connectivity index is 1.61. The van der Waals surface area contributed by atoms with Crippen LogP contribution in [0.1, 0.15) is 17.2 Å². The molecule has 0 spiro atoms. The van der Waals surface area contributed by atoms with Gasteiger partial charge in [-0.2, -0.15) is 0 Å². The monoisotopic (exact) mass is 410 g/mol. The van der Waals surface area contributed by atoms with Gasteiger partial charge in [0.15, 0.2) is 0 Å². The van der Waals surface area contributed by atoms with Gasteiger partial charge in [0.05, 0.1) is 24.7 Å². The predicted molar refractivity (Wildman–Crippen MR) is 112 cm³/mol. The van der Waals surface area contributed by atoms with Crippen LogP contribution in [0.25, 0.3) is 11.1 Å². The first-order chi connectivity index (χ1) is 13.9. The average molecular weight is 410 g/mol. The first-order valence-corrected chi connectivity index (χ1v) is 11.2. The molecule has 0 unspecified atom stereocenters. The summed E-state index contributed by atoms with van der Waals surface area (Å²) in [4.78, 5) is 4.02. The summed E-state index contributed by atoms with van der Waals surface area (Å²) in [6.07, 6.45) is 4.68. The van der Waals surface area contributed by atoms with Crippen LogP contribution in [0, 0.1) is 5.92 Å². The number of para-hydroxylation sites is 1. The van der Waals surface area contributed by atoms with Gasteiger partial charge < -0.3 is 9.84 Å². The molecule has 0 bridgehead atoms. The lowest BCUT2D eigenvalue weighted by Gasteiger charge is -2.31. The van der Waals surface area contributed by atoms with Gasteiger partial charge in [0.2, 0.25) is 10.0 Å². The zero-order valence-electron chi connectivity index (χ0n) is 15.9. The van der Waals surface area contributed by atoms with Crippen molar-refractivity contribution in [2.45, 2.75) is 12.5 Å². The fourth-order valence-electron chi connectivity index (χ4n) is 3.63. The summed E-state index contributed by atoms with van der Waals surface area (Å²) in [6.45, 7) is 0.406. The van der Waals surface area contributed by atoms with E-state index >= 15 is 0 Å². The number of nitrogens with one attached hydrogen (secondary N) is 1. The number of pyridine rings is 1. The highest BCUT2D eigenvalue weighted by Gasteiger charge is 2.30. The summed E-state index contributed by atoms with van der Waals surface area (Å²) in [5, 5.41) is 10.9. The zero-order valence-corrected chi connectivity index (χ0v) is 16.8. The van der Waals surface area contributed by atoms with E-state index in [1.165, 1.54) is 0 Å². The summed E-state index contributed by atoms with van der Waals surface area (Å²) in [6, 6.07) is 16.7. The van der Waals surface area contributed by atoms with E-state index in [4.69, 9.17) is 4.74 Å². The maximum absolute atomic E-state index is 11.7. The summed E-state index contributed by atoms with van der Waals surface area (Å²) >= 11 is 0. The van der Waals surface area contributed by atoms with E-state index in [2.05, 4.69) is 9.71 Å². The quantitative estimate of drug-likeness (QED) is 0.673. The van der Waals surface area contributed by atoms with Crippen molar-refractivity contribution < 1.29 is 18.3 Å². The molecule has 3 aromatic rings. The third kappa shape index (κ3) is 4.41. The number of sulfonamides is 1. The Labute approximate surface area is 170 Å². The molecule has 4 rings (SSSR count). The lowest BCUT2D eigenvalue weighted by Crippen LogP contribution is -2.27. The second-order valence-electron chi connectivity index (χ2n) is 7.25. The van der Waals surface area contributed by atoms with Gasteiger partial charge in [-0.25, -0.2) is 8.42 Å². The molecule has 0 radical (unpaired) electrons. The van der Waals surface area contributed by atoms with Crippen LogP contribution in [0.4, 0.5) is 5.69 Å². The largest absolute Gasteiger partial charge is 0.493 e. The van der Waals surface area contributed by atoms with Crippen LogP contribution in [0.5, 0.6) is 5.75 Å². The summed E-state index contributed by atoms with van der Waals surface area (Å²) < 4.78 is 31.9. The number of aliphatic hydroxyl groups is 1. The SMILES string of the molecule is CS(=O)(=O)Nc1ccccc1-c1ccc2c(c1)OC[C@@H](Cc1ccncc1)[C@@H]2O. The number of fused-ring (bicyclic) bond motifs is 1. The molecule has 0 amide bonds. The third-order valence-electron chi connectivity index (χ3n) is 5.01. The molecular formula is C22H22N2O4S. The van der Waals surface area contributed by atoms with Gasteiger partial charge in [-0.05, 0) is 41.8 Å². The molecule has 1 aromatic heterocycles. The van der Waals surface area contributed by atoms with E-state index in [-0.39, 0.29) is 5.92 Å². The number of aromatic nitrogens is 1. The molecule has 2 heterocycles. The zero-order chi connectivity index (χ0) is 20.4. The summed E-state index contributed by atoms with van der Waals surface area (Å²) in [5.74, 6) is 0.574. The van der Waals surface area contributed by atoms with Gasteiger partial charge in [-0.1, -0.05) is 30.3 Å². The number of benzene rings is 2. The van der Waals surface area contributed by atoms with E-state index < -0.39 is 16.1 Å². The molecule has 0 saturated carbocycles. The summed E-state index contributed by atoms with van der Waals surface area (Å²) in [7, 11) is -3.40. The van der Waals surface area contributed by atoms with Gasteiger partial charge >= 0.3 is 0 Å². The number of hydrogen-bond acceptors (Lipinski definition) is 5. The smallest absolute Gasteiger partial charge is 0.229 e. The first kappa shape index (κ1) is 19.4. The Kier molecular flexibility index (Phi) is 5.25. The lowest BCUT2D eigenvalue weighted by atomic mass is 9.87. The highest BCUT2D eigenvalue weighted by Crippen LogP contribution is 2.40. The van der Waals surface area contributed by atoms with Crippen molar-refractivity contribution in [3.8, 4) is 16.9 Å². The minimum Gasteiger partial charge on any atom is -0.493 e. The standard InChI is InChI=1S/C22H22N2O4S/c1-29(26,27)24-20-5-3-2-4-18(20)16-6-7-19-21(13-16)28-14-17(22(19)25)12-15-8-10-23-11-9-15/h2-11,13,17,22,24-25H,12,14H2,1H3/t17-,22+/m1/s1. The molecule has 150 valence electrons. The van der Waals surface area contributed by atoms with Crippen LogP contribution in [0.2, 0.25) is 0 Å². The number of nitrogens with zero attached hydrogens (tertiary/aromatic N) is 1. The molecule has 0 saturated heterocycles. The summed E-state index contributed by atoms with van der Waals surface area (Å²) in [5.41, 5.74) is 3.91. The normalized spacial score (nSPS) is 18.6. The first-order valence-electron chi connectivity index (χ1n) is 9.31. The molecule has 2 N–H and O–H groups in total. The Bertz CT molecular complexity index is 1120.